The van der Waals surface area contributed by atoms with Crippen molar-refractivity contribution in [3.8, 4) is 0 Å². The smallest absolute Gasteiger partial charge is 0.416 e. The summed E-state index contributed by atoms with van der Waals surface area (Å²) in [6, 6.07) is 9.34. The van der Waals surface area contributed by atoms with Gasteiger partial charge in [-0.1, -0.05) is 49.6 Å². The Morgan fingerprint density at radius 2 is 1.58 bits per heavy atom. The van der Waals surface area contributed by atoms with Gasteiger partial charge in [0, 0.05) is 5.92 Å². The van der Waals surface area contributed by atoms with Crippen molar-refractivity contribution < 1.29 is 36.3 Å². The summed E-state index contributed by atoms with van der Waals surface area (Å²) >= 11 is 0. The summed E-state index contributed by atoms with van der Waals surface area (Å²) in [5.41, 5.74) is 5.24. The molecule has 0 spiro atoms. The Balaban J connectivity index is 0.00000507. The summed E-state index contributed by atoms with van der Waals surface area (Å²) in [5, 5.41) is 10.2. The van der Waals surface area contributed by atoms with Gasteiger partial charge < -0.3 is 10.8 Å². The van der Waals surface area contributed by atoms with Crippen LogP contribution in [-0.4, -0.2) is 36.5 Å². The van der Waals surface area contributed by atoms with Gasteiger partial charge in [0.2, 0.25) is 5.91 Å². The predicted molar refractivity (Wildman–Crippen MR) is 136 cm³/mol. The van der Waals surface area contributed by atoms with E-state index in [1.54, 1.807) is 30.3 Å². The van der Waals surface area contributed by atoms with Crippen molar-refractivity contribution in [1.29, 1.82) is 0 Å². The highest BCUT2D eigenvalue weighted by atomic mass is 35.5. The number of hydrazine groups is 1. The van der Waals surface area contributed by atoms with Gasteiger partial charge >= 0.3 is 12.1 Å². The van der Waals surface area contributed by atoms with Crippen LogP contribution in [0.3, 0.4) is 0 Å². The van der Waals surface area contributed by atoms with E-state index in [9.17, 15) is 36.3 Å². The van der Waals surface area contributed by atoms with Gasteiger partial charge in [-0.15, -0.1) is 17.2 Å². The molecular weight excluding hydrogens is 547 g/mol. The Morgan fingerprint density at radius 3 is 2.11 bits per heavy atom. The Morgan fingerprint density at radius 1 is 1.00 bits per heavy atom. The number of carbonyl (C=O) groups is 2. The fraction of sp³-hybridized carbons (Fsp3) is 0.440. The summed E-state index contributed by atoms with van der Waals surface area (Å²) in [4.78, 5) is 26.9. The molecule has 0 radical (unpaired) electrons. The number of benzene rings is 2. The molecule has 2 aromatic carbocycles. The van der Waals surface area contributed by atoms with Gasteiger partial charge in [0.1, 0.15) is 6.04 Å². The summed E-state index contributed by atoms with van der Waals surface area (Å²) in [5.74, 6) is -2.17. The molecule has 1 amide bonds. The second-order valence-electron chi connectivity index (χ2n) is 9.11. The van der Waals surface area contributed by atoms with E-state index in [2.05, 4.69) is 4.83 Å². The molecule has 8 nitrogen and oxygen atoms in total. The Kier molecular flexibility index (Phi) is 11.1. The van der Waals surface area contributed by atoms with Gasteiger partial charge in [-0.05, 0) is 55.5 Å². The zero-order valence-electron chi connectivity index (χ0n) is 20.4. The minimum atomic E-state index is -4.64. The Labute approximate surface area is 225 Å². The van der Waals surface area contributed by atoms with Crippen LogP contribution in [0.25, 0.3) is 0 Å². The van der Waals surface area contributed by atoms with Gasteiger partial charge in [0.25, 0.3) is 10.0 Å². The van der Waals surface area contributed by atoms with Crippen LogP contribution in [0.15, 0.2) is 59.5 Å². The second kappa shape index (κ2) is 13.4. The highest BCUT2D eigenvalue weighted by Gasteiger charge is 2.36. The summed E-state index contributed by atoms with van der Waals surface area (Å²) in [6.07, 6.45) is -0.972. The van der Waals surface area contributed by atoms with Crippen LogP contribution in [0.2, 0.25) is 0 Å². The molecule has 0 aromatic heterocycles. The van der Waals surface area contributed by atoms with Crippen molar-refractivity contribution in [2.75, 3.05) is 0 Å². The molecule has 1 unspecified atom stereocenters. The van der Waals surface area contributed by atoms with Gasteiger partial charge in [-0.25, -0.2) is 8.42 Å². The highest BCUT2D eigenvalue weighted by Crippen LogP contribution is 2.33. The van der Waals surface area contributed by atoms with E-state index >= 15 is 0 Å². The number of nitrogens with one attached hydrogen (secondary N) is 1. The lowest BCUT2D eigenvalue weighted by Gasteiger charge is -2.36. The van der Waals surface area contributed by atoms with E-state index in [1.165, 1.54) is 0 Å². The fourth-order valence-electron chi connectivity index (χ4n) is 4.39. The van der Waals surface area contributed by atoms with Crippen LogP contribution in [-0.2, 0) is 25.8 Å². The monoisotopic (exact) mass is 577 g/mol. The normalized spacial score (nSPS) is 16.2. The maximum absolute atomic E-state index is 13.7. The molecule has 1 aliphatic rings. The Hall–Kier alpha value is -2.67. The zero-order chi connectivity index (χ0) is 27.2. The molecule has 0 bridgehead atoms. The maximum atomic E-state index is 13.7. The number of amides is 1. The number of sulfonamides is 1. The number of carbonyl (C=O) groups excluding carboxylic acids is 1. The van der Waals surface area contributed by atoms with E-state index < -0.39 is 56.5 Å². The van der Waals surface area contributed by atoms with Gasteiger partial charge in [-0.3, -0.25) is 14.6 Å². The minimum absolute atomic E-state index is 0. The predicted octanol–water partition coefficient (Wildman–Crippen LogP) is 4.66. The van der Waals surface area contributed by atoms with E-state index in [0.29, 0.717) is 30.5 Å². The first-order chi connectivity index (χ1) is 17.4. The first kappa shape index (κ1) is 31.5. The number of rotatable bonds is 10. The molecule has 1 fully saturated rings. The number of nitrogens with two attached hydrogens (primary N) is 1. The van der Waals surface area contributed by atoms with Crippen LogP contribution in [0.1, 0.15) is 62.1 Å². The van der Waals surface area contributed by atoms with Crippen LogP contribution >= 0.6 is 12.4 Å². The first-order valence-electron chi connectivity index (χ1n) is 12.0. The molecule has 0 aliphatic heterocycles. The van der Waals surface area contributed by atoms with E-state index in [4.69, 9.17) is 5.73 Å². The largest absolute Gasteiger partial charge is 0.480 e. The molecule has 3 rings (SSSR count). The zero-order valence-corrected chi connectivity index (χ0v) is 22.1. The molecule has 1 aliphatic carbocycles. The maximum Gasteiger partial charge on any atom is 0.416 e. The van der Waals surface area contributed by atoms with Crippen LogP contribution < -0.4 is 10.6 Å². The molecule has 38 heavy (non-hydrogen) atoms. The molecule has 210 valence electrons. The topological polar surface area (TPSA) is 130 Å². The van der Waals surface area contributed by atoms with Crippen molar-refractivity contribution in [2.24, 2.45) is 11.7 Å². The summed E-state index contributed by atoms with van der Waals surface area (Å²) in [6.45, 7) is 0. The number of hydrogen-bond donors (Lipinski definition) is 3. The van der Waals surface area contributed by atoms with Crippen molar-refractivity contribution in [2.45, 2.75) is 68.1 Å². The third-order valence-corrected chi connectivity index (χ3v) is 7.80. The SMILES string of the molecule is Cl.NC(CC[C@@H](c1ccccc1)N(NS(=O)(=O)c1ccc(C(F)(F)F)cc1)C(=O)C1CCCCC1)C(=O)O. The molecule has 13 heteroatoms. The molecular formula is C25H31ClF3N3O5S. The molecule has 4 N–H and O–H groups in total. The quantitative estimate of drug-likeness (QED) is 0.352. The van der Waals surface area contributed by atoms with Gasteiger partial charge in [0.15, 0.2) is 0 Å². The third kappa shape index (κ3) is 8.16. The van der Waals surface area contributed by atoms with Crippen molar-refractivity contribution in [1.82, 2.24) is 9.84 Å². The van der Waals surface area contributed by atoms with Gasteiger partial charge in [0.05, 0.1) is 16.5 Å². The molecule has 2 aromatic rings. The number of alkyl halides is 3. The molecule has 2 atom stereocenters. The van der Waals surface area contributed by atoms with Gasteiger partial charge in [-0.2, -0.15) is 13.2 Å². The molecule has 0 heterocycles. The van der Waals surface area contributed by atoms with E-state index in [1.807, 2.05) is 0 Å². The summed E-state index contributed by atoms with van der Waals surface area (Å²) < 4.78 is 65.4. The van der Waals surface area contributed by atoms with Crippen molar-refractivity contribution in [3.63, 3.8) is 0 Å². The van der Waals surface area contributed by atoms with E-state index in [0.717, 1.165) is 36.4 Å². The standard InChI is InChI=1S/C25H30F3N3O5S.ClH/c26-25(27,28)19-11-13-20(14-12-19)37(35,36)30-31(23(32)18-9-5-2-6-10-18)22(16-15-21(29)24(33)34)17-7-3-1-4-8-17;/h1,3-4,7-8,11-14,18,21-22,30H,2,5-6,9-10,15-16,29H2,(H,33,34);1H/t21?,22-;/m0./s1. The number of carboxylic acids is 1. The highest BCUT2D eigenvalue weighted by molar-refractivity contribution is 7.89. The number of aliphatic carboxylic acids is 1. The van der Waals surface area contributed by atoms with Crippen LogP contribution in [0.4, 0.5) is 13.2 Å². The summed E-state index contributed by atoms with van der Waals surface area (Å²) in [7, 11) is -4.47. The third-order valence-electron chi connectivity index (χ3n) is 6.47. The fourth-order valence-corrected chi connectivity index (χ4v) is 5.47. The second-order valence-corrected chi connectivity index (χ2v) is 10.8. The van der Waals surface area contributed by atoms with Crippen LogP contribution in [0, 0.1) is 5.92 Å². The number of carboxylic acid groups (broad SMARTS) is 1. The first-order valence-corrected chi connectivity index (χ1v) is 13.4. The van der Waals surface area contributed by atoms with Crippen molar-refractivity contribution in [3.05, 3.63) is 65.7 Å². The van der Waals surface area contributed by atoms with Crippen molar-refractivity contribution >= 4 is 34.3 Å². The Bertz CT molecular complexity index is 1170. The molecule has 0 saturated heterocycles. The number of hydrogen-bond acceptors (Lipinski definition) is 5. The lowest BCUT2D eigenvalue weighted by atomic mass is 9.87. The molecule has 1 saturated carbocycles. The van der Waals surface area contributed by atoms with E-state index in [-0.39, 0.29) is 25.2 Å². The lowest BCUT2D eigenvalue weighted by molar-refractivity contribution is -0.141. The number of nitrogens with zero attached hydrogens (tertiary/aromatic N) is 1. The minimum Gasteiger partial charge on any atom is -0.480 e. The average molecular weight is 578 g/mol. The average Bonchev–Trinajstić information content (AvgIpc) is 2.88. The lowest BCUT2D eigenvalue weighted by Crippen LogP contribution is -2.51. The number of halogens is 4. The van der Waals surface area contributed by atoms with Crippen LogP contribution in [0.5, 0.6) is 0 Å².